The van der Waals surface area contributed by atoms with E-state index >= 15 is 0 Å². The molecule has 3 amide bonds. The van der Waals surface area contributed by atoms with Crippen LogP contribution in [0.5, 0.6) is 0 Å². The molecule has 0 aromatic carbocycles. The van der Waals surface area contributed by atoms with Gasteiger partial charge in [0, 0.05) is 25.0 Å². The van der Waals surface area contributed by atoms with Gasteiger partial charge in [-0.25, -0.2) is 9.59 Å². The Labute approximate surface area is 133 Å². The van der Waals surface area contributed by atoms with E-state index in [0.29, 0.717) is 24.9 Å². The predicted octanol–water partition coefficient (Wildman–Crippen LogP) is 0.977. The molecular weight excluding hydrogens is 302 g/mol. The standard InChI is InChI=1S/C14H21N5O4/c1-22-14(21)19-6-2-3-10(8-19)16-13(20)15-7-11-17-12(18-23-11)9-4-5-9/h9-10H,2-8H2,1H3,(H2,15,16,20). The zero-order valence-corrected chi connectivity index (χ0v) is 13.1. The van der Waals surface area contributed by atoms with Gasteiger partial charge in [0.1, 0.15) is 0 Å². The Hall–Kier alpha value is -2.32. The summed E-state index contributed by atoms with van der Waals surface area (Å²) in [6.07, 6.45) is 3.49. The predicted molar refractivity (Wildman–Crippen MR) is 78.6 cm³/mol. The smallest absolute Gasteiger partial charge is 0.409 e. The number of carbonyl (C=O) groups excluding carboxylic acids is 2. The normalized spacial score (nSPS) is 20.9. The van der Waals surface area contributed by atoms with E-state index in [2.05, 4.69) is 20.8 Å². The van der Waals surface area contributed by atoms with E-state index in [1.165, 1.54) is 7.11 Å². The number of hydrogen-bond acceptors (Lipinski definition) is 6. The Bertz CT molecular complexity index is 571. The van der Waals surface area contributed by atoms with Gasteiger partial charge in [-0.05, 0) is 25.7 Å². The van der Waals surface area contributed by atoms with Crippen molar-refractivity contribution in [1.29, 1.82) is 0 Å². The molecule has 0 spiro atoms. The molecule has 2 N–H and O–H groups in total. The molecule has 1 aliphatic carbocycles. The maximum atomic E-state index is 11.9. The monoisotopic (exact) mass is 323 g/mol. The summed E-state index contributed by atoms with van der Waals surface area (Å²) in [6.45, 7) is 1.30. The second-order valence-corrected chi connectivity index (χ2v) is 5.90. The zero-order valence-electron chi connectivity index (χ0n) is 13.1. The highest BCUT2D eigenvalue weighted by molar-refractivity contribution is 5.74. The molecule has 0 radical (unpaired) electrons. The van der Waals surface area contributed by atoms with Gasteiger partial charge in [-0.1, -0.05) is 5.16 Å². The van der Waals surface area contributed by atoms with Gasteiger partial charge in [0.15, 0.2) is 5.82 Å². The number of likely N-dealkylation sites (tertiary alicyclic amines) is 1. The van der Waals surface area contributed by atoms with Crippen LogP contribution in [0.3, 0.4) is 0 Å². The van der Waals surface area contributed by atoms with Crippen LogP contribution in [0, 0.1) is 0 Å². The molecule has 23 heavy (non-hydrogen) atoms. The van der Waals surface area contributed by atoms with E-state index in [0.717, 1.165) is 31.5 Å². The number of rotatable bonds is 4. The fourth-order valence-electron chi connectivity index (χ4n) is 2.63. The fourth-order valence-corrected chi connectivity index (χ4v) is 2.63. The number of carbonyl (C=O) groups is 2. The minimum Gasteiger partial charge on any atom is -0.453 e. The van der Waals surface area contributed by atoms with Crippen LogP contribution in [0.15, 0.2) is 4.52 Å². The minimum atomic E-state index is -0.365. The second-order valence-electron chi connectivity index (χ2n) is 5.90. The highest BCUT2D eigenvalue weighted by Gasteiger charge is 2.29. The van der Waals surface area contributed by atoms with Crippen LogP contribution in [-0.2, 0) is 11.3 Å². The van der Waals surface area contributed by atoms with Crippen molar-refractivity contribution in [3.8, 4) is 0 Å². The lowest BCUT2D eigenvalue weighted by Crippen LogP contribution is -2.51. The molecule has 1 aromatic heterocycles. The maximum absolute atomic E-state index is 11.9. The largest absolute Gasteiger partial charge is 0.453 e. The van der Waals surface area contributed by atoms with Crippen LogP contribution in [0.25, 0.3) is 0 Å². The number of ether oxygens (including phenoxy) is 1. The van der Waals surface area contributed by atoms with Gasteiger partial charge in [0.25, 0.3) is 0 Å². The molecule has 1 aliphatic heterocycles. The zero-order chi connectivity index (χ0) is 16.2. The second kappa shape index (κ2) is 6.84. The number of amides is 3. The lowest BCUT2D eigenvalue weighted by atomic mass is 10.1. The molecule has 9 nitrogen and oxygen atoms in total. The van der Waals surface area contributed by atoms with Crippen molar-refractivity contribution in [3.63, 3.8) is 0 Å². The Kier molecular flexibility index (Phi) is 4.63. The average Bonchev–Trinajstić information content (AvgIpc) is 3.31. The Balaban J connectivity index is 1.42. The van der Waals surface area contributed by atoms with E-state index in [9.17, 15) is 9.59 Å². The molecule has 9 heteroatoms. The lowest BCUT2D eigenvalue weighted by molar-refractivity contribution is 0.108. The first-order valence-corrected chi connectivity index (χ1v) is 7.85. The van der Waals surface area contributed by atoms with Crippen LogP contribution in [0.1, 0.15) is 43.3 Å². The van der Waals surface area contributed by atoms with Gasteiger partial charge in [-0.3, -0.25) is 0 Å². The van der Waals surface area contributed by atoms with Crippen molar-refractivity contribution in [3.05, 3.63) is 11.7 Å². The van der Waals surface area contributed by atoms with E-state index in [1.807, 2.05) is 0 Å². The Morgan fingerprint density at radius 2 is 2.22 bits per heavy atom. The molecule has 0 bridgehead atoms. The maximum Gasteiger partial charge on any atom is 0.409 e. The summed E-state index contributed by atoms with van der Waals surface area (Å²) in [4.78, 5) is 29.3. The van der Waals surface area contributed by atoms with Gasteiger partial charge in [-0.2, -0.15) is 4.98 Å². The number of nitrogens with zero attached hydrogens (tertiary/aromatic N) is 3. The summed E-state index contributed by atoms with van der Waals surface area (Å²) in [5, 5.41) is 9.44. The van der Waals surface area contributed by atoms with Crippen LogP contribution < -0.4 is 10.6 Å². The Morgan fingerprint density at radius 1 is 1.39 bits per heavy atom. The number of nitrogens with one attached hydrogen (secondary N) is 2. The van der Waals surface area contributed by atoms with Gasteiger partial charge < -0.3 is 24.8 Å². The summed E-state index contributed by atoms with van der Waals surface area (Å²) >= 11 is 0. The molecule has 1 saturated carbocycles. The quantitative estimate of drug-likeness (QED) is 0.854. The van der Waals surface area contributed by atoms with Gasteiger partial charge >= 0.3 is 12.1 Å². The van der Waals surface area contributed by atoms with Crippen LogP contribution in [0.2, 0.25) is 0 Å². The average molecular weight is 323 g/mol. The van der Waals surface area contributed by atoms with Crippen molar-refractivity contribution in [1.82, 2.24) is 25.7 Å². The SMILES string of the molecule is COC(=O)N1CCCC(NC(=O)NCc2nc(C3CC3)no2)C1. The summed E-state index contributed by atoms with van der Waals surface area (Å²) in [5.41, 5.74) is 0. The number of methoxy groups -OCH3 is 1. The summed E-state index contributed by atoms with van der Waals surface area (Å²) < 4.78 is 9.80. The van der Waals surface area contributed by atoms with Crippen molar-refractivity contribution in [2.75, 3.05) is 20.2 Å². The molecule has 126 valence electrons. The molecule has 3 rings (SSSR count). The Morgan fingerprint density at radius 3 is 2.96 bits per heavy atom. The fraction of sp³-hybridized carbons (Fsp3) is 0.714. The first kappa shape index (κ1) is 15.6. The summed E-state index contributed by atoms with van der Waals surface area (Å²) in [5.74, 6) is 1.55. The molecule has 2 heterocycles. The molecule has 2 fully saturated rings. The molecule has 1 aromatic rings. The number of hydrogen-bond donors (Lipinski definition) is 2. The number of piperidine rings is 1. The molecule has 1 saturated heterocycles. The third-order valence-electron chi connectivity index (χ3n) is 4.02. The van der Waals surface area contributed by atoms with Crippen molar-refractivity contribution in [2.24, 2.45) is 0 Å². The van der Waals surface area contributed by atoms with E-state index in [4.69, 9.17) is 9.26 Å². The van der Waals surface area contributed by atoms with Crippen LogP contribution >= 0.6 is 0 Å². The van der Waals surface area contributed by atoms with E-state index in [-0.39, 0.29) is 24.7 Å². The lowest BCUT2D eigenvalue weighted by Gasteiger charge is -2.31. The third-order valence-corrected chi connectivity index (χ3v) is 4.02. The van der Waals surface area contributed by atoms with Gasteiger partial charge in [0.2, 0.25) is 5.89 Å². The van der Waals surface area contributed by atoms with E-state index < -0.39 is 0 Å². The first-order chi connectivity index (χ1) is 11.2. The molecule has 1 unspecified atom stereocenters. The summed E-state index contributed by atoms with van der Waals surface area (Å²) in [6, 6.07) is -0.402. The molecular formula is C14H21N5O4. The highest BCUT2D eigenvalue weighted by Crippen LogP contribution is 2.37. The van der Waals surface area contributed by atoms with E-state index in [1.54, 1.807) is 4.90 Å². The minimum absolute atomic E-state index is 0.0902. The van der Waals surface area contributed by atoms with Gasteiger partial charge in [-0.15, -0.1) is 0 Å². The first-order valence-electron chi connectivity index (χ1n) is 7.85. The molecule has 1 atom stereocenters. The number of urea groups is 1. The van der Waals surface area contributed by atoms with Gasteiger partial charge in [0.05, 0.1) is 13.7 Å². The van der Waals surface area contributed by atoms with Crippen molar-refractivity contribution >= 4 is 12.1 Å². The van der Waals surface area contributed by atoms with Crippen molar-refractivity contribution in [2.45, 2.75) is 44.2 Å². The highest BCUT2D eigenvalue weighted by atomic mass is 16.5. The van der Waals surface area contributed by atoms with Crippen LogP contribution in [0.4, 0.5) is 9.59 Å². The van der Waals surface area contributed by atoms with Crippen molar-refractivity contribution < 1.29 is 18.8 Å². The summed E-state index contributed by atoms with van der Waals surface area (Å²) in [7, 11) is 1.35. The third kappa shape index (κ3) is 4.11. The number of aromatic nitrogens is 2. The topological polar surface area (TPSA) is 110 Å². The van der Waals surface area contributed by atoms with Crippen LogP contribution in [-0.4, -0.2) is 53.4 Å². The molecule has 2 aliphatic rings.